The normalized spacial score (nSPS) is 18.2. The van der Waals surface area contributed by atoms with Crippen molar-refractivity contribution in [3.63, 3.8) is 0 Å². The van der Waals surface area contributed by atoms with Crippen molar-refractivity contribution in [1.82, 2.24) is 5.32 Å². The second-order valence-electron chi connectivity index (χ2n) is 8.80. The summed E-state index contributed by atoms with van der Waals surface area (Å²) in [6.07, 6.45) is 3.41. The molecule has 0 spiro atoms. The summed E-state index contributed by atoms with van der Waals surface area (Å²) in [7, 11) is -3.68. The molecule has 1 aliphatic heterocycles. The van der Waals surface area contributed by atoms with Crippen LogP contribution in [0.25, 0.3) is 0 Å². The van der Waals surface area contributed by atoms with Gasteiger partial charge < -0.3 is 10.1 Å². The highest BCUT2D eigenvalue weighted by molar-refractivity contribution is 7.92. The second kappa shape index (κ2) is 9.14. The highest BCUT2D eigenvalue weighted by Gasteiger charge is 2.40. The van der Waals surface area contributed by atoms with Crippen LogP contribution in [0, 0.1) is 13.8 Å². The predicted molar refractivity (Wildman–Crippen MR) is 129 cm³/mol. The van der Waals surface area contributed by atoms with Crippen LogP contribution in [0.1, 0.15) is 62.8 Å². The van der Waals surface area contributed by atoms with Gasteiger partial charge in [0, 0.05) is 12.0 Å². The van der Waals surface area contributed by atoms with Gasteiger partial charge >= 0.3 is 0 Å². The summed E-state index contributed by atoms with van der Waals surface area (Å²) in [5.74, 6) is 0.436. The summed E-state index contributed by atoms with van der Waals surface area (Å²) < 4.78 is 32.9. The van der Waals surface area contributed by atoms with Crippen LogP contribution in [0.3, 0.4) is 0 Å². The van der Waals surface area contributed by atoms with Crippen molar-refractivity contribution in [3.8, 4) is 5.75 Å². The van der Waals surface area contributed by atoms with Gasteiger partial charge in [0.05, 0.1) is 18.0 Å². The maximum Gasteiger partial charge on any atom is 0.244 e. The molecule has 2 atom stereocenters. The molecule has 0 saturated carbocycles. The number of nitrogens with one attached hydrogen (secondary N) is 1. The molecule has 6 nitrogen and oxygen atoms in total. The minimum absolute atomic E-state index is 0.254. The fourth-order valence-electron chi connectivity index (χ4n) is 4.39. The van der Waals surface area contributed by atoms with Crippen molar-refractivity contribution >= 4 is 21.6 Å². The van der Waals surface area contributed by atoms with Crippen LogP contribution in [0.15, 0.2) is 42.5 Å². The third-order valence-corrected chi connectivity index (χ3v) is 7.88. The summed E-state index contributed by atoms with van der Waals surface area (Å²) in [6.45, 7) is 9.70. The van der Waals surface area contributed by atoms with Gasteiger partial charge in [0.15, 0.2) is 0 Å². The third kappa shape index (κ3) is 4.77. The number of sulfonamides is 1. The number of hydrogen-bond donors (Lipinski definition) is 1. The molecule has 32 heavy (non-hydrogen) atoms. The number of rotatable bonds is 7. The fraction of sp³-hybridized carbons (Fsp3) is 0.480. The van der Waals surface area contributed by atoms with Gasteiger partial charge in [-0.25, -0.2) is 8.42 Å². The van der Waals surface area contributed by atoms with Crippen molar-refractivity contribution in [2.75, 3.05) is 10.6 Å². The van der Waals surface area contributed by atoms with E-state index in [4.69, 9.17) is 4.74 Å². The number of carbonyl (C=O) groups is 1. The first kappa shape index (κ1) is 24.1. The number of para-hydroxylation sites is 1. The van der Waals surface area contributed by atoms with Gasteiger partial charge in [-0.15, -0.1) is 0 Å². The van der Waals surface area contributed by atoms with E-state index >= 15 is 0 Å². The number of anilines is 1. The molecular weight excluding hydrogens is 424 g/mol. The molecule has 0 saturated heterocycles. The molecule has 2 aromatic carbocycles. The minimum atomic E-state index is -3.68. The van der Waals surface area contributed by atoms with Crippen molar-refractivity contribution in [1.29, 1.82) is 0 Å². The SMILES string of the molecule is CCC1(CC)CC(NC(=O)C(C)N(c2ccc(C)c(C)c2)S(C)(=O)=O)c2ccccc2O1. The number of fused-ring (bicyclic) bond motifs is 1. The van der Waals surface area contributed by atoms with Crippen LogP contribution < -0.4 is 14.4 Å². The lowest BCUT2D eigenvalue weighted by Gasteiger charge is -2.42. The molecule has 0 fully saturated rings. The van der Waals surface area contributed by atoms with Gasteiger partial charge in [0.2, 0.25) is 15.9 Å². The predicted octanol–water partition coefficient (Wildman–Crippen LogP) is 4.66. The zero-order chi connectivity index (χ0) is 23.7. The molecule has 0 aliphatic carbocycles. The van der Waals surface area contributed by atoms with Crippen molar-refractivity contribution in [3.05, 3.63) is 59.2 Å². The largest absolute Gasteiger partial charge is 0.487 e. The Morgan fingerprint density at radius 3 is 2.41 bits per heavy atom. The first-order valence-corrected chi connectivity index (χ1v) is 13.0. The molecule has 1 heterocycles. The molecule has 0 aromatic heterocycles. The molecule has 2 unspecified atom stereocenters. The fourth-order valence-corrected chi connectivity index (χ4v) is 5.56. The third-order valence-electron chi connectivity index (χ3n) is 6.64. The first-order chi connectivity index (χ1) is 15.0. The molecule has 0 bridgehead atoms. The summed E-state index contributed by atoms with van der Waals surface area (Å²) in [5, 5.41) is 3.12. The summed E-state index contributed by atoms with van der Waals surface area (Å²) >= 11 is 0. The van der Waals surface area contributed by atoms with Crippen molar-refractivity contribution < 1.29 is 17.9 Å². The number of aryl methyl sites for hydroxylation is 2. The number of hydrogen-bond acceptors (Lipinski definition) is 4. The van der Waals surface area contributed by atoms with Crippen molar-refractivity contribution in [2.45, 2.75) is 71.6 Å². The molecule has 1 N–H and O–H groups in total. The Morgan fingerprint density at radius 2 is 1.81 bits per heavy atom. The van der Waals surface area contributed by atoms with E-state index in [9.17, 15) is 13.2 Å². The van der Waals surface area contributed by atoms with E-state index in [2.05, 4.69) is 19.2 Å². The van der Waals surface area contributed by atoms with Gasteiger partial charge in [-0.05, 0) is 62.9 Å². The summed E-state index contributed by atoms with van der Waals surface area (Å²) in [4.78, 5) is 13.4. The topological polar surface area (TPSA) is 75.7 Å². The van der Waals surface area contributed by atoms with Crippen LogP contribution in [-0.2, 0) is 14.8 Å². The Bertz CT molecular complexity index is 1090. The van der Waals surface area contributed by atoms with Crippen molar-refractivity contribution in [2.24, 2.45) is 0 Å². The quantitative estimate of drug-likeness (QED) is 0.655. The molecule has 2 aromatic rings. The Balaban J connectivity index is 1.92. The smallest absolute Gasteiger partial charge is 0.244 e. The monoisotopic (exact) mass is 458 g/mol. The van der Waals surface area contributed by atoms with Crippen LogP contribution in [-0.4, -0.2) is 32.2 Å². The number of amides is 1. The van der Waals surface area contributed by atoms with E-state index < -0.39 is 16.1 Å². The highest BCUT2D eigenvalue weighted by Crippen LogP contribution is 2.42. The van der Waals surface area contributed by atoms with E-state index in [-0.39, 0.29) is 17.6 Å². The zero-order valence-corrected chi connectivity index (χ0v) is 20.6. The number of carbonyl (C=O) groups excluding carboxylic acids is 1. The summed E-state index contributed by atoms with van der Waals surface area (Å²) in [5.41, 5.74) is 3.08. The van der Waals surface area contributed by atoms with Crippen LogP contribution in [0.5, 0.6) is 5.75 Å². The van der Waals surface area contributed by atoms with Gasteiger partial charge in [-0.1, -0.05) is 38.1 Å². The highest BCUT2D eigenvalue weighted by atomic mass is 32.2. The number of benzene rings is 2. The molecular formula is C25H34N2O4S. The van der Waals surface area contributed by atoms with E-state index in [1.54, 1.807) is 13.0 Å². The Morgan fingerprint density at radius 1 is 1.16 bits per heavy atom. The lowest BCUT2D eigenvalue weighted by Crippen LogP contribution is -2.51. The molecule has 7 heteroatoms. The lowest BCUT2D eigenvalue weighted by molar-refractivity contribution is -0.123. The minimum Gasteiger partial charge on any atom is -0.487 e. The first-order valence-electron chi connectivity index (χ1n) is 11.2. The van der Waals surface area contributed by atoms with Gasteiger partial charge in [0.1, 0.15) is 17.4 Å². The Hall–Kier alpha value is -2.54. The Labute approximate surface area is 192 Å². The zero-order valence-electron chi connectivity index (χ0n) is 19.8. The maximum absolute atomic E-state index is 13.4. The van der Waals surface area contributed by atoms with Crippen LogP contribution in [0.2, 0.25) is 0 Å². The number of ether oxygens (including phenoxy) is 1. The van der Waals surface area contributed by atoms with Gasteiger partial charge in [-0.2, -0.15) is 0 Å². The van der Waals surface area contributed by atoms with Gasteiger partial charge in [0.25, 0.3) is 0 Å². The van der Waals surface area contributed by atoms with Crippen LogP contribution in [0.4, 0.5) is 5.69 Å². The average Bonchev–Trinajstić information content (AvgIpc) is 2.75. The van der Waals surface area contributed by atoms with E-state index in [1.807, 2.05) is 50.2 Å². The standard InChI is InChI=1S/C25H34N2O4S/c1-7-25(8-2)16-22(21-11-9-10-12-23(21)31-25)26-24(28)19(5)27(32(6,29)30)20-14-13-17(3)18(4)15-20/h9-15,19,22H,7-8,16H2,1-6H3,(H,26,28). The van der Waals surface area contributed by atoms with E-state index in [1.165, 1.54) is 4.31 Å². The average molecular weight is 459 g/mol. The molecule has 0 radical (unpaired) electrons. The van der Waals surface area contributed by atoms with Crippen LogP contribution >= 0.6 is 0 Å². The molecule has 3 rings (SSSR count). The summed E-state index contributed by atoms with van der Waals surface area (Å²) in [6, 6.07) is 12.0. The Kier molecular flexibility index (Phi) is 6.89. The molecule has 1 amide bonds. The molecule has 174 valence electrons. The van der Waals surface area contributed by atoms with E-state index in [0.717, 1.165) is 41.5 Å². The maximum atomic E-state index is 13.4. The van der Waals surface area contributed by atoms with Gasteiger partial charge in [-0.3, -0.25) is 9.10 Å². The second-order valence-corrected chi connectivity index (χ2v) is 10.7. The van der Waals surface area contributed by atoms with E-state index in [0.29, 0.717) is 12.1 Å². The lowest BCUT2D eigenvalue weighted by atomic mass is 9.83. The number of nitrogens with zero attached hydrogens (tertiary/aromatic N) is 1. The molecule has 1 aliphatic rings.